The van der Waals surface area contributed by atoms with Crippen molar-refractivity contribution in [2.24, 2.45) is 63.4 Å². The van der Waals surface area contributed by atoms with Crippen LogP contribution in [-0.4, -0.2) is 102 Å². The van der Waals surface area contributed by atoms with E-state index in [1.165, 1.54) is 103 Å². The molecule has 0 heterocycles. The second-order valence-corrected chi connectivity index (χ2v) is 19.4. The summed E-state index contributed by atoms with van der Waals surface area (Å²) in [6.45, 7) is 23.5. The highest BCUT2D eigenvalue weighted by Gasteiger charge is 2.63. The Labute approximate surface area is 353 Å². The largest absolute Gasteiger partial charge is 0.378 e. The lowest BCUT2D eigenvalue weighted by Crippen LogP contribution is -2.59. The molecule has 8 atom stereocenters. The van der Waals surface area contributed by atoms with Crippen LogP contribution in [0.3, 0.4) is 0 Å². The first-order valence-electron chi connectivity index (χ1n) is 24.8. The average molecular weight is 807 g/mol. The van der Waals surface area contributed by atoms with Crippen molar-refractivity contribution in [2.45, 2.75) is 188 Å². The first-order valence-corrected chi connectivity index (χ1v) is 24.8. The van der Waals surface area contributed by atoms with Crippen LogP contribution >= 0.6 is 0 Å². The minimum absolute atomic E-state index is 0.131. The van der Waals surface area contributed by atoms with Gasteiger partial charge in [0.1, 0.15) is 0 Å². The lowest BCUT2D eigenvalue weighted by Gasteiger charge is -2.60. The Balaban J connectivity index is 1.79. The van der Waals surface area contributed by atoms with Gasteiger partial charge in [-0.05, 0) is 197 Å². The molecule has 0 spiro atoms. The van der Waals surface area contributed by atoms with Crippen molar-refractivity contribution < 1.29 is 14.2 Å². The Kier molecular flexibility index (Phi) is 26.0. The summed E-state index contributed by atoms with van der Waals surface area (Å²) < 4.78 is 20.4. The van der Waals surface area contributed by atoms with E-state index < -0.39 is 0 Å². The highest BCUT2D eigenvalue weighted by Crippen LogP contribution is 2.66. The smallest absolute Gasteiger partial charge is 0.0637 e. The molecule has 57 heavy (non-hydrogen) atoms. The standard InChI is InChI=1S/C48H98N6O3/c1-6-8-9-10-11-12-32-54(34-18-31-53-30-14-26-49)33-13-19-39(3)41-20-21-42-46(44(7-2)56-36-16-28-51)43(38-45(48(41,42)5)57-37-17-29-52)47(4)24-22-40(23-25-47)55-35-15-27-50/h39-46,53H,6-38,49-52H2,1-5H3/t39-,40-,41-,42+,43+,44-,45+,46?,47+,48-/m1/s1. The van der Waals surface area contributed by atoms with Crippen molar-refractivity contribution in [3.05, 3.63) is 0 Å². The van der Waals surface area contributed by atoms with Crippen LogP contribution in [0.25, 0.3) is 0 Å². The SMILES string of the molecule is CCCCCCCCN(CCCNCCCN)CCC[C@@H](C)[C@H]1CC[C@H]2C([C@@H](CC)OCCCN)[C@@H]([C@]3(C)CC[C@H](OCCCN)CC3)C[C@H](OCCCN)[C@]12C. The normalized spacial score (nSPS) is 30.2. The monoisotopic (exact) mass is 807 g/mol. The lowest BCUT2D eigenvalue weighted by atomic mass is 9.48. The number of nitrogens with one attached hydrogen (secondary N) is 1. The maximum atomic E-state index is 7.14. The molecule has 9 nitrogen and oxygen atoms in total. The number of hydrogen-bond acceptors (Lipinski definition) is 9. The fourth-order valence-corrected chi connectivity index (χ4v) is 12.0. The summed E-state index contributed by atoms with van der Waals surface area (Å²) >= 11 is 0. The number of fused-ring (bicyclic) bond motifs is 1. The van der Waals surface area contributed by atoms with Crippen molar-refractivity contribution in [2.75, 3.05) is 78.7 Å². The third-order valence-electron chi connectivity index (χ3n) is 15.4. The van der Waals surface area contributed by atoms with Gasteiger partial charge < -0.3 is 47.4 Å². The molecule has 3 saturated carbocycles. The number of hydrogen-bond donors (Lipinski definition) is 5. The third-order valence-corrected chi connectivity index (χ3v) is 15.4. The molecular weight excluding hydrogens is 709 g/mol. The zero-order valence-electron chi connectivity index (χ0n) is 38.4. The first-order chi connectivity index (χ1) is 27.7. The molecule has 0 aromatic heterocycles. The molecule has 0 saturated heterocycles. The van der Waals surface area contributed by atoms with Crippen LogP contribution in [0.1, 0.15) is 169 Å². The number of unbranched alkanes of at least 4 members (excludes halogenated alkanes) is 5. The fraction of sp³-hybridized carbons (Fsp3) is 1.00. The minimum atomic E-state index is 0.131. The van der Waals surface area contributed by atoms with Crippen molar-refractivity contribution in [1.29, 1.82) is 0 Å². The Morgan fingerprint density at radius 3 is 1.96 bits per heavy atom. The van der Waals surface area contributed by atoms with Gasteiger partial charge in [-0.25, -0.2) is 0 Å². The van der Waals surface area contributed by atoms with Crippen LogP contribution in [0.5, 0.6) is 0 Å². The summed E-state index contributed by atoms with van der Waals surface area (Å²) in [5.74, 6) is 3.03. The molecule has 0 amide bonds. The fourth-order valence-electron chi connectivity index (χ4n) is 12.0. The Morgan fingerprint density at radius 1 is 0.667 bits per heavy atom. The summed E-state index contributed by atoms with van der Waals surface area (Å²) in [5.41, 5.74) is 24.0. The quantitative estimate of drug-likeness (QED) is 0.0406. The molecule has 9 N–H and O–H groups in total. The maximum Gasteiger partial charge on any atom is 0.0637 e. The first kappa shape index (κ1) is 51.0. The summed E-state index contributed by atoms with van der Waals surface area (Å²) in [5, 5.41) is 3.61. The topological polar surface area (TPSA) is 147 Å². The molecule has 0 bridgehead atoms. The molecule has 3 aliphatic rings. The van der Waals surface area contributed by atoms with Gasteiger partial charge in [0.15, 0.2) is 0 Å². The van der Waals surface area contributed by atoms with Crippen LogP contribution in [0, 0.1) is 40.4 Å². The molecule has 1 unspecified atom stereocenters. The molecule has 3 rings (SSSR count). The van der Waals surface area contributed by atoms with Crippen molar-refractivity contribution in [3.63, 3.8) is 0 Å². The Morgan fingerprint density at radius 2 is 1.28 bits per heavy atom. The molecule has 3 fully saturated rings. The molecule has 0 radical (unpaired) electrons. The summed E-state index contributed by atoms with van der Waals surface area (Å²) in [6.07, 6.45) is 26.3. The summed E-state index contributed by atoms with van der Waals surface area (Å²) in [6, 6.07) is 0. The van der Waals surface area contributed by atoms with Gasteiger partial charge in [0.25, 0.3) is 0 Å². The Hall–Kier alpha value is -0.360. The number of ether oxygens (including phenoxy) is 3. The van der Waals surface area contributed by atoms with Gasteiger partial charge in [0, 0.05) is 25.2 Å². The van der Waals surface area contributed by atoms with E-state index in [1.807, 2.05) is 0 Å². The number of nitrogens with two attached hydrogens (primary N) is 4. The average Bonchev–Trinajstić information content (AvgIpc) is 3.57. The number of rotatable bonds is 34. The van der Waals surface area contributed by atoms with Gasteiger partial charge in [-0.2, -0.15) is 0 Å². The van der Waals surface area contributed by atoms with Gasteiger partial charge in [-0.1, -0.05) is 66.7 Å². The highest BCUT2D eigenvalue weighted by atomic mass is 16.5. The molecule has 0 aromatic carbocycles. The zero-order chi connectivity index (χ0) is 41.4. The zero-order valence-corrected chi connectivity index (χ0v) is 38.4. The molecule has 0 aliphatic heterocycles. The van der Waals surface area contributed by atoms with Gasteiger partial charge in [0.2, 0.25) is 0 Å². The third kappa shape index (κ3) is 16.1. The van der Waals surface area contributed by atoms with E-state index in [1.54, 1.807) is 0 Å². The predicted molar refractivity (Wildman–Crippen MR) is 242 cm³/mol. The Bertz CT molecular complexity index is 968. The maximum absolute atomic E-state index is 7.14. The molecule has 3 aliphatic carbocycles. The van der Waals surface area contributed by atoms with Gasteiger partial charge in [-0.3, -0.25) is 0 Å². The summed E-state index contributed by atoms with van der Waals surface area (Å²) in [4.78, 5) is 2.79. The van der Waals surface area contributed by atoms with Crippen molar-refractivity contribution >= 4 is 0 Å². The van der Waals surface area contributed by atoms with E-state index in [4.69, 9.17) is 37.1 Å². The molecule has 338 valence electrons. The second-order valence-electron chi connectivity index (χ2n) is 19.4. The van der Waals surface area contributed by atoms with Crippen LogP contribution in [0.15, 0.2) is 0 Å². The van der Waals surface area contributed by atoms with Gasteiger partial charge in [0.05, 0.1) is 18.3 Å². The van der Waals surface area contributed by atoms with E-state index in [0.717, 1.165) is 90.8 Å². The molecular formula is C48H98N6O3. The number of nitrogens with zero attached hydrogens (tertiary/aromatic N) is 1. The van der Waals surface area contributed by atoms with E-state index >= 15 is 0 Å². The van der Waals surface area contributed by atoms with E-state index in [9.17, 15) is 0 Å². The second kappa shape index (κ2) is 29.0. The lowest BCUT2D eigenvalue weighted by molar-refractivity contribution is -0.191. The van der Waals surface area contributed by atoms with E-state index in [-0.39, 0.29) is 23.0 Å². The van der Waals surface area contributed by atoms with Crippen molar-refractivity contribution in [3.8, 4) is 0 Å². The van der Waals surface area contributed by atoms with Crippen molar-refractivity contribution in [1.82, 2.24) is 10.2 Å². The highest BCUT2D eigenvalue weighted by molar-refractivity contribution is 5.12. The van der Waals surface area contributed by atoms with Gasteiger partial charge in [-0.15, -0.1) is 0 Å². The molecule has 0 aromatic rings. The van der Waals surface area contributed by atoms with Crippen LogP contribution in [0.2, 0.25) is 0 Å². The minimum Gasteiger partial charge on any atom is -0.378 e. The van der Waals surface area contributed by atoms with E-state index in [2.05, 4.69) is 44.8 Å². The van der Waals surface area contributed by atoms with Crippen LogP contribution in [0.4, 0.5) is 0 Å². The molecule has 9 heteroatoms. The predicted octanol–water partition coefficient (Wildman–Crippen LogP) is 8.25. The van der Waals surface area contributed by atoms with Gasteiger partial charge >= 0.3 is 0 Å². The van der Waals surface area contributed by atoms with E-state index in [0.29, 0.717) is 55.3 Å². The van der Waals surface area contributed by atoms with Crippen LogP contribution < -0.4 is 28.3 Å². The summed E-state index contributed by atoms with van der Waals surface area (Å²) in [7, 11) is 0. The van der Waals surface area contributed by atoms with Crippen LogP contribution in [-0.2, 0) is 14.2 Å².